The molecule has 0 aromatic heterocycles. The van der Waals surface area contributed by atoms with E-state index in [0.29, 0.717) is 16.5 Å². The molecule has 0 aliphatic heterocycles. The SMILES string of the molecule is C[C@H](OC(=O)[C@@H](C)Oc1ccc(Cl)cc1)C(=O)Nc1ccccc1. The molecule has 0 saturated carbocycles. The van der Waals surface area contributed by atoms with E-state index in [4.69, 9.17) is 21.1 Å². The van der Waals surface area contributed by atoms with Gasteiger partial charge in [-0.3, -0.25) is 4.79 Å². The van der Waals surface area contributed by atoms with Crippen molar-refractivity contribution >= 4 is 29.2 Å². The fourth-order valence-electron chi connectivity index (χ4n) is 1.85. The predicted octanol–water partition coefficient (Wildman–Crippen LogP) is 3.68. The molecular weight excluding hydrogens is 330 g/mol. The predicted molar refractivity (Wildman–Crippen MR) is 92.2 cm³/mol. The van der Waals surface area contributed by atoms with E-state index < -0.39 is 24.1 Å². The Kier molecular flexibility index (Phi) is 6.21. The van der Waals surface area contributed by atoms with Gasteiger partial charge in [-0.15, -0.1) is 0 Å². The Morgan fingerprint density at radius 2 is 1.58 bits per heavy atom. The van der Waals surface area contributed by atoms with Crippen molar-refractivity contribution in [3.8, 4) is 5.75 Å². The van der Waals surface area contributed by atoms with Gasteiger partial charge in [-0.2, -0.15) is 0 Å². The summed E-state index contributed by atoms with van der Waals surface area (Å²) < 4.78 is 10.6. The zero-order valence-corrected chi connectivity index (χ0v) is 14.1. The van der Waals surface area contributed by atoms with Crippen molar-refractivity contribution in [1.82, 2.24) is 0 Å². The molecule has 0 spiro atoms. The van der Waals surface area contributed by atoms with Crippen molar-refractivity contribution < 1.29 is 19.1 Å². The summed E-state index contributed by atoms with van der Waals surface area (Å²) in [5.41, 5.74) is 0.635. The smallest absolute Gasteiger partial charge is 0.347 e. The number of para-hydroxylation sites is 1. The van der Waals surface area contributed by atoms with Gasteiger partial charge in [0.1, 0.15) is 5.75 Å². The van der Waals surface area contributed by atoms with Gasteiger partial charge in [0.15, 0.2) is 12.2 Å². The second kappa shape index (κ2) is 8.36. The third-order valence-corrected chi connectivity index (χ3v) is 3.41. The minimum atomic E-state index is -0.936. The Morgan fingerprint density at radius 1 is 0.958 bits per heavy atom. The van der Waals surface area contributed by atoms with Gasteiger partial charge in [0, 0.05) is 10.7 Å². The lowest BCUT2D eigenvalue weighted by Crippen LogP contribution is -2.35. The molecule has 0 bridgehead atoms. The van der Waals surface area contributed by atoms with Crippen LogP contribution in [-0.2, 0) is 14.3 Å². The van der Waals surface area contributed by atoms with Gasteiger partial charge in [0.2, 0.25) is 0 Å². The molecule has 2 atom stereocenters. The molecule has 0 radical (unpaired) electrons. The summed E-state index contributed by atoms with van der Waals surface area (Å²) >= 11 is 5.79. The molecule has 0 saturated heterocycles. The van der Waals surface area contributed by atoms with Gasteiger partial charge in [-0.05, 0) is 50.2 Å². The molecule has 2 aromatic rings. The summed E-state index contributed by atoms with van der Waals surface area (Å²) in [5.74, 6) is -0.542. The number of amides is 1. The van der Waals surface area contributed by atoms with Crippen molar-refractivity contribution in [3.05, 3.63) is 59.6 Å². The minimum absolute atomic E-state index is 0.409. The van der Waals surface area contributed by atoms with E-state index in [9.17, 15) is 9.59 Å². The molecule has 2 aromatic carbocycles. The fourth-order valence-corrected chi connectivity index (χ4v) is 1.98. The van der Waals surface area contributed by atoms with E-state index >= 15 is 0 Å². The van der Waals surface area contributed by atoms with Crippen LogP contribution in [0.5, 0.6) is 5.75 Å². The summed E-state index contributed by atoms with van der Waals surface area (Å²) in [6.45, 7) is 3.06. The van der Waals surface area contributed by atoms with Gasteiger partial charge < -0.3 is 14.8 Å². The average molecular weight is 348 g/mol. The van der Waals surface area contributed by atoms with Crippen LogP contribution in [0.4, 0.5) is 5.69 Å². The van der Waals surface area contributed by atoms with E-state index in [-0.39, 0.29) is 0 Å². The Balaban J connectivity index is 1.85. The number of benzene rings is 2. The molecule has 2 rings (SSSR count). The van der Waals surface area contributed by atoms with Gasteiger partial charge in [-0.25, -0.2) is 4.79 Å². The number of carbonyl (C=O) groups is 2. The van der Waals surface area contributed by atoms with Crippen LogP contribution in [0, 0.1) is 0 Å². The summed E-state index contributed by atoms with van der Waals surface area (Å²) in [6, 6.07) is 15.6. The number of halogens is 1. The first-order valence-electron chi connectivity index (χ1n) is 7.44. The first-order chi connectivity index (χ1) is 11.5. The molecule has 6 heteroatoms. The summed E-state index contributed by atoms with van der Waals surface area (Å²) in [4.78, 5) is 24.1. The van der Waals surface area contributed by atoms with Crippen molar-refractivity contribution in [2.45, 2.75) is 26.1 Å². The molecule has 0 aliphatic rings. The number of hydrogen-bond donors (Lipinski definition) is 1. The first-order valence-corrected chi connectivity index (χ1v) is 7.82. The quantitative estimate of drug-likeness (QED) is 0.810. The number of hydrogen-bond acceptors (Lipinski definition) is 4. The Hall–Kier alpha value is -2.53. The first kappa shape index (κ1) is 17.8. The van der Waals surface area contributed by atoms with Crippen LogP contribution in [0.2, 0.25) is 5.02 Å². The molecule has 0 heterocycles. The average Bonchev–Trinajstić information content (AvgIpc) is 2.57. The van der Waals surface area contributed by atoms with E-state index in [1.165, 1.54) is 6.92 Å². The number of anilines is 1. The van der Waals surface area contributed by atoms with E-state index in [1.54, 1.807) is 55.5 Å². The molecule has 1 amide bonds. The molecule has 1 N–H and O–H groups in total. The maximum atomic E-state index is 12.0. The molecule has 5 nitrogen and oxygen atoms in total. The van der Waals surface area contributed by atoms with Crippen molar-refractivity contribution in [2.75, 3.05) is 5.32 Å². The lowest BCUT2D eigenvalue weighted by atomic mass is 10.3. The van der Waals surface area contributed by atoms with Crippen LogP contribution < -0.4 is 10.1 Å². The molecule has 24 heavy (non-hydrogen) atoms. The van der Waals surface area contributed by atoms with E-state index in [0.717, 1.165) is 0 Å². The largest absolute Gasteiger partial charge is 0.479 e. The normalized spacial score (nSPS) is 12.8. The topological polar surface area (TPSA) is 64.6 Å². The lowest BCUT2D eigenvalue weighted by Gasteiger charge is -2.17. The molecular formula is C18H18ClNO4. The standard InChI is InChI=1S/C18H18ClNO4/c1-12(17(21)20-15-6-4-3-5-7-15)24-18(22)13(2)23-16-10-8-14(19)9-11-16/h3-13H,1-2H3,(H,20,21)/t12-,13+/m0/s1. The maximum absolute atomic E-state index is 12.0. The Bertz CT molecular complexity index is 688. The second-order valence-corrected chi connectivity index (χ2v) is 5.58. The molecule has 0 aliphatic carbocycles. The van der Waals surface area contributed by atoms with E-state index in [2.05, 4.69) is 5.32 Å². The van der Waals surface area contributed by atoms with Crippen LogP contribution in [0.3, 0.4) is 0 Å². The maximum Gasteiger partial charge on any atom is 0.347 e. The number of nitrogens with one attached hydrogen (secondary N) is 1. The lowest BCUT2D eigenvalue weighted by molar-refractivity contribution is -0.159. The van der Waals surface area contributed by atoms with Crippen LogP contribution in [0.15, 0.2) is 54.6 Å². The van der Waals surface area contributed by atoms with Crippen LogP contribution in [0.1, 0.15) is 13.8 Å². The second-order valence-electron chi connectivity index (χ2n) is 5.15. The number of esters is 1. The number of rotatable bonds is 6. The zero-order valence-electron chi connectivity index (χ0n) is 13.4. The fraction of sp³-hybridized carbons (Fsp3) is 0.222. The van der Waals surface area contributed by atoms with E-state index in [1.807, 2.05) is 6.07 Å². The highest BCUT2D eigenvalue weighted by molar-refractivity contribution is 6.30. The summed E-state index contributed by atoms with van der Waals surface area (Å²) in [5, 5.41) is 3.24. The minimum Gasteiger partial charge on any atom is -0.479 e. The van der Waals surface area contributed by atoms with Crippen LogP contribution >= 0.6 is 11.6 Å². The van der Waals surface area contributed by atoms with Gasteiger partial charge in [0.05, 0.1) is 0 Å². The van der Waals surface area contributed by atoms with Crippen LogP contribution in [-0.4, -0.2) is 24.1 Å². The van der Waals surface area contributed by atoms with Gasteiger partial charge >= 0.3 is 5.97 Å². The van der Waals surface area contributed by atoms with Gasteiger partial charge in [-0.1, -0.05) is 29.8 Å². The molecule has 126 valence electrons. The molecule has 0 fully saturated rings. The Morgan fingerprint density at radius 3 is 2.21 bits per heavy atom. The Labute approximate surface area is 145 Å². The van der Waals surface area contributed by atoms with Crippen molar-refractivity contribution in [3.63, 3.8) is 0 Å². The zero-order chi connectivity index (χ0) is 17.5. The monoisotopic (exact) mass is 347 g/mol. The van der Waals surface area contributed by atoms with Gasteiger partial charge in [0.25, 0.3) is 5.91 Å². The highest BCUT2D eigenvalue weighted by Crippen LogP contribution is 2.17. The highest BCUT2D eigenvalue weighted by Gasteiger charge is 2.23. The number of ether oxygens (including phenoxy) is 2. The summed E-state index contributed by atoms with van der Waals surface area (Å²) in [6.07, 6.45) is -1.79. The highest BCUT2D eigenvalue weighted by atomic mass is 35.5. The molecule has 0 unspecified atom stereocenters. The van der Waals surface area contributed by atoms with Crippen molar-refractivity contribution in [2.24, 2.45) is 0 Å². The summed E-state index contributed by atoms with van der Waals surface area (Å²) in [7, 11) is 0. The third kappa shape index (κ3) is 5.28. The van der Waals surface area contributed by atoms with Crippen molar-refractivity contribution in [1.29, 1.82) is 0 Å². The number of carbonyl (C=O) groups excluding carboxylic acids is 2. The third-order valence-electron chi connectivity index (χ3n) is 3.16. The van der Waals surface area contributed by atoms with Crippen LogP contribution in [0.25, 0.3) is 0 Å².